The van der Waals surface area contributed by atoms with Crippen molar-refractivity contribution in [2.75, 3.05) is 0 Å². The minimum Gasteiger partial charge on any atom is -0.488 e. The first-order chi connectivity index (χ1) is 9.83. The van der Waals surface area contributed by atoms with Crippen LogP contribution in [0, 0.1) is 5.82 Å². The number of hydrogen-bond donors (Lipinski definition) is 0. The third-order valence-corrected chi connectivity index (χ3v) is 5.24. The molecule has 1 aromatic carbocycles. The Kier molecular flexibility index (Phi) is 4.72. The molecule has 1 aromatic heterocycles. The van der Waals surface area contributed by atoms with E-state index in [2.05, 4.69) is 32.9 Å². The molecular formula is C18H23FOS. The number of hydrogen-bond acceptors (Lipinski definition) is 2. The molecule has 0 unspecified atom stereocenters. The zero-order valence-electron chi connectivity index (χ0n) is 13.4. The second kappa shape index (κ2) is 6.18. The van der Waals surface area contributed by atoms with Crippen molar-refractivity contribution < 1.29 is 9.13 Å². The van der Waals surface area contributed by atoms with Gasteiger partial charge in [0.1, 0.15) is 0 Å². The highest BCUT2D eigenvalue weighted by molar-refractivity contribution is 7.15. The SMILES string of the molecule is CCC(C)(C)c1ccc(-c2ccc(OC(C)C)c(F)c2)s1. The minimum absolute atomic E-state index is 0.0240. The molecule has 0 aliphatic rings. The third kappa shape index (κ3) is 3.65. The number of ether oxygens (including phenoxy) is 1. The van der Waals surface area contributed by atoms with E-state index in [9.17, 15) is 4.39 Å². The maximum Gasteiger partial charge on any atom is 0.165 e. The smallest absolute Gasteiger partial charge is 0.165 e. The van der Waals surface area contributed by atoms with Crippen LogP contribution in [0.2, 0.25) is 0 Å². The average Bonchev–Trinajstić information content (AvgIpc) is 2.91. The normalized spacial score (nSPS) is 12.0. The minimum atomic E-state index is -0.300. The monoisotopic (exact) mass is 306 g/mol. The lowest BCUT2D eigenvalue weighted by molar-refractivity contribution is 0.231. The standard InChI is InChI=1S/C18H23FOS/c1-6-18(4,5)17-10-9-16(21-17)13-7-8-15(14(19)11-13)20-12(2)3/h7-12H,6H2,1-5H3. The van der Waals surface area contributed by atoms with Gasteiger partial charge in [-0.05, 0) is 61.6 Å². The first-order valence-electron chi connectivity index (χ1n) is 7.40. The van der Waals surface area contributed by atoms with Gasteiger partial charge in [-0.1, -0.05) is 20.8 Å². The van der Waals surface area contributed by atoms with Crippen LogP contribution in [0.15, 0.2) is 30.3 Å². The maximum absolute atomic E-state index is 14.1. The van der Waals surface area contributed by atoms with Crippen molar-refractivity contribution in [3.8, 4) is 16.2 Å². The van der Waals surface area contributed by atoms with E-state index in [0.29, 0.717) is 5.75 Å². The number of benzene rings is 1. The van der Waals surface area contributed by atoms with Crippen LogP contribution in [0.1, 0.15) is 45.9 Å². The predicted molar refractivity (Wildman–Crippen MR) is 88.8 cm³/mol. The summed E-state index contributed by atoms with van der Waals surface area (Å²) in [5.41, 5.74) is 1.08. The van der Waals surface area contributed by atoms with Crippen molar-refractivity contribution in [3.05, 3.63) is 41.0 Å². The number of halogens is 1. The summed E-state index contributed by atoms with van der Waals surface area (Å²) in [6, 6.07) is 9.44. The van der Waals surface area contributed by atoms with Gasteiger partial charge in [0.25, 0.3) is 0 Å². The molecule has 0 aliphatic heterocycles. The Morgan fingerprint density at radius 2 is 1.90 bits per heavy atom. The average molecular weight is 306 g/mol. The molecule has 1 nitrogen and oxygen atoms in total. The third-order valence-electron chi connectivity index (χ3n) is 3.74. The van der Waals surface area contributed by atoms with Crippen molar-refractivity contribution in [1.29, 1.82) is 0 Å². The lowest BCUT2D eigenvalue weighted by Crippen LogP contribution is -2.12. The highest BCUT2D eigenvalue weighted by Crippen LogP contribution is 2.37. The van der Waals surface area contributed by atoms with Gasteiger partial charge in [0.2, 0.25) is 0 Å². The summed E-state index contributed by atoms with van der Waals surface area (Å²) in [4.78, 5) is 2.43. The summed E-state index contributed by atoms with van der Waals surface area (Å²) in [6.07, 6.45) is 1.06. The lowest BCUT2D eigenvalue weighted by Gasteiger charge is -2.20. The molecule has 0 bridgehead atoms. The molecule has 0 N–H and O–H groups in total. The van der Waals surface area contributed by atoms with Gasteiger partial charge in [0.15, 0.2) is 11.6 Å². The molecule has 114 valence electrons. The van der Waals surface area contributed by atoms with Crippen molar-refractivity contribution in [2.45, 2.75) is 52.6 Å². The Morgan fingerprint density at radius 3 is 2.48 bits per heavy atom. The molecule has 1 heterocycles. The van der Waals surface area contributed by atoms with Gasteiger partial charge in [0.05, 0.1) is 6.10 Å². The molecule has 0 saturated heterocycles. The molecule has 0 fully saturated rings. The van der Waals surface area contributed by atoms with E-state index in [1.807, 2.05) is 19.9 Å². The summed E-state index contributed by atoms with van der Waals surface area (Å²) in [6.45, 7) is 10.5. The fourth-order valence-electron chi connectivity index (χ4n) is 2.03. The van der Waals surface area contributed by atoms with Crippen LogP contribution in [-0.2, 0) is 5.41 Å². The van der Waals surface area contributed by atoms with Crippen molar-refractivity contribution >= 4 is 11.3 Å². The first kappa shape index (κ1) is 16.0. The summed E-state index contributed by atoms with van der Waals surface area (Å²) in [7, 11) is 0. The number of thiophene rings is 1. The van der Waals surface area contributed by atoms with Crippen LogP contribution in [0.4, 0.5) is 4.39 Å². The van der Waals surface area contributed by atoms with E-state index in [1.54, 1.807) is 23.5 Å². The van der Waals surface area contributed by atoms with E-state index in [1.165, 1.54) is 4.88 Å². The number of rotatable bonds is 5. The van der Waals surface area contributed by atoms with Crippen LogP contribution in [-0.4, -0.2) is 6.10 Å². The molecule has 0 atom stereocenters. The van der Waals surface area contributed by atoms with E-state index >= 15 is 0 Å². The van der Waals surface area contributed by atoms with Gasteiger partial charge in [0, 0.05) is 9.75 Å². The fourth-order valence-corrected chi connectivity index (χ4v) is 3.21. The quantitative estimate of drug-likeness (QED) is 0.655. The van der Waals surface area contributed by atoms with Gasteiger partial charge >= 0.3 is 0 Å². The van der Waals surface area contributed by atoms with Crippen molar-refractivity contribution in [1.82, 2.24) is 0 Å². The molecule has 0 amide bonds. The molecule has 0 spiro atoms. The Labute approximate surface area is 130 Å². The van der Waals surface area contributed by atoms with Crippen molar-refractivity contribution in [3.63, 3.8) is 0 Å². The molecule has 2 rings (SSSR count). The summed E-state index contributed by atoms with van der Waals surface area (Å²) in [5, 5.41) is 0. The molecule has 21 heavy (non-hydrogen) atoms. The van der Waals surface area contributed by atoms with Gasteiger partial charge in [-0.2, -0.15) is 0 Å². The largest absolute Gasteiger partial charge is 0.488 e. The van der Waals surface area contributed by atoms with Crippen LogP contribution in [0.3, 0.4) is 0 Å². The van der Waals surface area contributed by atoms with Crippen LogP contribution in [0.5, 0.6) is 5.75 Å². The highest BCUT2D eigenvalue weighted by atomic mass is 32.1. The van der Waals surface area contributed by atoms with E-state index in [0.717, 1.165) is 16.9 Å². The van der Waals surface area contributed by atoms with E-state index < -0.39 is 0 Å². The topological polar surface area (TPSA) is 9.23 Å². The van der Waals surface area contributed by atoms with Gasteiger partial charge in [-0.3, -0.25) is 0 Å². The van der Waals surface area contributed by atoms with Gasteiger partial charge in [-0.25, -0.2) is 4.39 Å². The van der Waals surface area contributed by atoms with Gasteiger partial charge < -0.3 is 4.74 Å². The zero-order chi connectivity index (χ0) is 15.6. The Morgan fingerprint density at radius 1 is 1.19 bits per heavy atom. The summed E-state index contributed by atoms with van der Waals surface area (Å²) in [5.74, 6) is 0.0188. The first-order valence-corrected chi connectivity index (χ1v) is 8.22. The Balaban J connectivity index is 2.29. The Bertz CT molecular complexity index is 613. The maximum atomic E-state index is 14.1. The molecule has 2 aromatic rings. The predicted octanol–water partition coefficient (Wildman–Crippen LogP) is 6.03. The van der Waals surface area contributed by atoms with E-state index in [4.69, 9.17) is 4.74 Å². The van der Waals surface area contributed by atoms with Crippen LogP contribution in [0.25, 0.3) is 10.4 Å². The second-order valence-corrected chi connectivity index (χ2v) is 7.30. The zero-order valence-corrected chi connectivity index (χ0v) is 14.2. The van der Waals surface area contributed by atoms with Crippen molar-refractivity contribution in [2.24, 2.45) is 0 Å². The Hall–Kier alpha value is -1.35. The van der Waals surface area contributed by atoms with Gasteiger partial charge in [-0.15, -0.1) is 11.3 Å². The lowest BCUT2D eigenvalue weighted by atomic mass is 9.89. The molecule has 0 aliphatic carbocycles. The highest BCUT2D eigenvalue weighted by Gasteiger charge is 2.20. The summed E-state index contributed by atoms with van der Waals surface area (Å²) >= 11 is 1.74. The van der Waals surface area contributed by atoms with Crippen LogP contribution >= 0.6 is 11.3 Å². The second-order valence-electron chi connectivity index (χ2n) is 6.21. The molecule has 0 saturated carbocycles. The molecule has 3 heteroatoms. The summed E-state index contributed by atoms with van der Waals surface area (Å²) < 4.78 is 19.5. The molecule has 0 radical (unpaired) electrons. The van der Waals surface area contributed by atoms with E-state index in [-0.39, 0.29) is 17.3 Å². The van der Waals surface area contributed by atoms with Crippen LogP contribution < -0.4 is 4.74 Å². The molecular weight excluding hydrogens is 283 g/mol. The fraction of sp³-hybridized carbons (Fsp3) is 0.444.